The average Bonchev–Trinajstić information content (AvgIpc) is 2.86. The van der Waals surface area contributed by atoms with Gasteiger partial charge in [-0.05, 0) is 54.5 Å². The zero-order valence-corrected chi connectivity index (χ0v) is 12.3. The molecule has 0 bridgehead atoms. The van der Waals surface area contributed by atoms with Crippen molar-refractivity contribution in [3.63, 3.8) is 0 Å². The van der Waals surface area contributed by atoms with Crippen molar-refractivity contribution in [3.8, 4) is 0 Å². The minimum atomic E-state index is 0.521. The lowest BCUT2D eigenvalue weighted by molar-refractivity contribution is 0.191. The standard InChI is InChI=1S/C16H20N2S/c1-11-9-13(3-4-15(11)17)10-18-7-5-16-14(12(18)2)6-8-19-16/h3-4,6,8-9,12H,5,7,10,17H2,1-2H3. The molecule has 100 valence electrons. The van der Waals surface area contributed by atoms with Crippen molar-refractivity contribution in [1.29, 1.82) is 0 Å². The molecule has 0 radical (unpaired) electrons. The fraction of sp³-hybridized carbons (Fsp3) is 0.375. The minimum absolute atomic E-state index is 0.521. The molecule has 0 saturated heterocycles. The molecule has 1 atom stereocenters. The van der Waals surface area contributed by atoms with Crippen LogP contribution in [0.1, 0.15) is 34.5 Å². The van der Waals surface area contributed by atoms with E-state index in [-0.39, 0.29) is 0 Å². The van der Waals surface area contributed by atoms with Crippen LogP contribution in [-0.4, -0.2) is 11.4 Å². The van der Waals surface area contributed by atoms with E-state index in [1.807, 2.05) is 17.4 Å². The Bertz CT molecular complexity index is 588. The first kappa shape index (κ1) is 12.7. The summed E-state index contributed by atoms with van der Waals surface area (Å²) in [4.78, 5) is 4.12. The van der Waals surface area contributed by atoms with E-state index in [2.05, 4.69) is 42.3 Å². The number of rotatable bonds is 2. The molecule has 2 aromatic rings. The predicted molar refractivity (Wildman–Crippen MR) is 82.4 cm³/mol. The maximum absolute atomic E-state index is 5.89. The monoisotopic (exact) mass is 272 g/mol. The normalized spacial score (nSPS) is 19.4. The maximum atomic E-state index is 5.89. The van der Waals surface area contributed by atoms with Crippen LogP contribution < -0.4 is 5.73 Å². The molecule has 3 rings (SSSR count). The molecule has 3 heteroatoms. The Balaban J connectivity index is 1.79. The summed E-state index contributed by atoms with van der Waals surface area (Å²) in [6.07, 6.45) is 1.19. The first-order valence-electron chi connectivity index (χ1n) is 6.80. The molecule has 2 heterocycles. The van der Waals surface area contributed by atoms with Crippen LogP contribution in [0.5, 0.6) is 0 Å². The Hall–Kier alpha value is -1.32. The highest BCUT2D eigenvalue weighted by Gasteiger charge is 2.24. The van der Waals surface area contributed by atoms with Crippen LogP contribution in [0, 0.1) is 6.92 Å². The highest BCUT2D eigenvalue weighted by molar-refractivity contribution is 7.10. The zero-order chi connectivity index (χ0) is 13.4. The second-order valence-corrected chi connectivity index (χ2v) is 6.39. The number of nitrogens with two attached hydrogens (primary N) is 1. The van der Waals surface area contributed by atoms with Gasteiger partial charge in [-0.1, -0.05) is 12.1 Å². The van der Waals surface area contributed by atoms with Gasteiger partial charge in [0, 0.05) is 29.7 Å². The van der Waals surface area contributed by atoms with E-state index in [0.717, 1.165) is 18.8 Å². The molecule has 2 N–H and O–H groups in total. The Kier molecular flexibility index (Phi) is 3.33. The summed E-state index contributed by atoms with van der Waals surface area (Å²) < 4.78 is 0. The summed E-state index contributed by atoms with van der Waals surface area (Å²) in [5.41, 5.74) is 10.8. The molecule has 2 nitrogen and oxygen atoms in total. The van der Waals surface area contributed by atoms with E-state index >= 15 is 0 Å². The van der Waals surface area contributed by atoms with Crippen LogP contribution in [0.4, 0.5) is 5.69 Å². The van der Waals surface area contributed by atoms with Crippen molar-refractivity contribution in [2.24, 2.45) is 0 Å². The number of thiophene rings is 1. The molecule has 0 aliphatic carbocycles. The van der Waals surface area contributed by atoms with Crippen molar-refractivity contribution in [1.82, 2.24) is 4.90 Å². The number of hydrogen-bond acceptors (Lipinski definition) is 3. The highest BCUT2D eigenvalue weighted by Crippen LogP contribution is 2.33. The van der Waals surface area contributed by atoms with Gasteiger partial charge in [-0.25, -0.2) is 0 Å². The lowest BCUT2D eigenvalue weighted by Gasteiger charge is -2.33. The molecule has 1 aromatic carbocycles. The molecule has 0 spiro atoms. The molecule has 1 aliphatic heterocycles. The molecule has 0 fully saturated rings. The molecular formula is C16H20N2S. The van der Waals surface area contributed by atoms with Crippen LogP contribution in [0.2, 0.25) is 0 Å². The number of benzene rings is 1. The first-order valence-corrected chi connectivity index (χ1v) is 7.68. The van der Waals surface area contributed by atoms with E-state index < -0.39 is 0 Å². The summed E-state index contributed by atoms with van der Waals surface area (Å²) in [6, 6.07) is 9.19. The van der Waals surface area contributed by atoms with Gasteiger partial charge in [0.2, 0.25) is 0 Å². The van der Waals surface area contributed by atoms with E-state index in [1.54, 1.807) is 4.88 Å². The summed E-state index contributed by atoms with van der Waals surface area (Å²) >= 11 is 1.90. The van der Waals surface area contributed by atoms with Crippen molar-refractivity contribution >= 4 is 17.0 Å². The quantitative estimate of drug-likeness (QED) is 0.843. The van der Waals surface area contributed by atoms with Crippen LogP contribution in [0.3, 0.4) is 0 Å². The van der Waals surface area contributed by atoms with Gasteiger partial charge in [-0.3, -0.25) is 4.90 Å². The Labute approximate surface area is 118 Å². The number of nitrogen functional groups attached to an aromatic ring is 1. The van der Waals surface area contributed by atoms with Crippen molar-refractivity contribution < 1.29 is 0 Å². The Morgan fingerprint density at radius 2 is 2.21 bits per heavy atom. The number of anilines is 1. The second-order valence-electron chi connectivity index (χ2n) is 5.39. The number of hydrogen-bond donors (Lipinski definition) is 1. The van der Waals surface area contributed by atoms with Gasteiger partial charge in [-0.15, -0.1) is 11.3 Å². The van der Waals surface area contributed by atoms with Crippen molar-refractivity contribution in [2.45, 2.75) is 32.9 Å². The predicted octanol–water partition coefficient (Wildman–Crippen LogP) is 3.76. The fourth-order valence-corrected chi connectivity index (χ4v) is 3.81. The summed E-state index contributed by atoms with van der Waals surface area (Å²) in [6.45, 7) is 6.56. The van der Waals surface area contributed by atoms with Gasteiger partial charge in [0.25, 0.3) is 0 Å². The second kappa shape index (κ2) is 4.99. The average molecular weight is 272 g/mol. The largest absolute Gasteiger partial charge is 0.399 e. The summed E-state index contributed by atoms with van der Waals surface area (Å²) in [5.74, 6) is 0. The van der Waals surface area contributed by atoms with E-state index in [0.29, 0.717) is 6.04 Å². The van der Waals surface area contributed by atoms with Gasteiger partial charge in [0.05, 0.1) is 0 Å². The zero-order valence-electron chi connectivity index (χ0n) is 11.5. The number of aryl methyl sites for hydroxylation is 1. The van der Waals surface area contributed by atoms with Crippen LogP contribution in [-0.2, 0) is 13.0 Å². The molecule has 1 aromatic heterocycles. The number of fused-ring (bicyclic) bond motifs is 1. The first-order chi connectivity index (χ1) is 9.15. The van der Waals surface area contributed by atoms with Crippen LogP contribution >= 0.6 is 11.3 Å². The summed E-state index contributed by atoms with van der Waals surface area (Å²) in [7, 11) is 0. The summed E-state index contributed by atoms with van der Waals surface area (Å²) in [5, 5.41) is 2.22. The topological polar surface area (TPSA) is 29.3 Å². The van der Waals surface area contributed by atoms with Gasteiger partial charge in [-0.2, -0.15) is 0 Å². The smallest absolute Gasteiger partial charge is 0.0343 e. The third-order valence-electron chi connectivity index (χ3n) is 4.12. The van der Waals surface area contributed by atoms with E-state index in [4.69, 9.17) is 5.73 Å². The molecule has 0 saturated carbocycles. The van der Waals surface area contributed by atoms with Crippen molar-refractivity contribution in [3.05, 3.63) is 51.2 Å². The van der Waals surface area contributed by atoms with Crippen molar-refractivity contribution in [2.75, 3.05) is 12.3 Å². The molecule has 19 heavy (non-hydrogen) atoms. The van der Waals surface area contributed by atoms with E-state index in [9.17, 15) is 0 Å². The Morgan fingerprint density at radius 1 is 1.37 bits per heavy atom. The molecule has 0 amide bonds. The fourth-order valence-electron chi connectivity index (χ4n) is 2.85. The van der Waals surface area contributed by atoms with Gasteiger partial charge in [0.15, 0.2) is 0 Å². The van der Waals surface area contributed by atoms with Crippen LogP contribution in [0.15, 0.2) is 29.6 Å². The molecule has 1 unspecified atom stereocenters. The lowest BCUT2D eigenvalue weighted by Crippen LogP contribution is -2.32. The Morgan fingerprint density at radius 3 is 3.00 bits per heavy atom. The van der Waals surface area contributed by atoms with Gasteiger partial charge in [0.1, 0.15) is 0 Å². The lowest BCUT2D eigenvalue weighted by atomic mass is 10.0. The van der Waals surface area contributed by atoms with Crippen LogP contribution in [0.25, 0.3) is 0 Å². The minimum Gasteiger partial charge on any atom is -0.399 e. The highest BCUT2D eigenvalue weighted by atomic mass is 32.1. The van der Waals surface area contributed by atoms with Gasteiger partial charge >= 0.3 is 0 Å². The third kappa shape index (κ3) is 2.40. The van der Waals surface area contributed by atoms with E-state index in [1.165, 1.54) is 23.1 Å². The third-order valence-corrected chi connectivity index (χ3v) is 5.12. The molecule has 1 aliphatic rings. The molecular weight excluding hydrogens is 252 g/mol. The maximum Gasteiger partial charge on any atom is 0.0343 e. The SMILES string of the molecule is Cc1cc(CN2CCc3sccc3C2C)ccc1N. The number of nitrogens with zero attached hydrogens (tertiary/aromatic N) is 1. The van der Waals surface area contributed by atoms with Gasteiger partial charge < -0.3 is 5.73 Å².